The highest BCUT2D eigenvalue weighted by Crippen LogP contribution is 2.23. The van der Waals surface area contributed by atoms with E-state index in [-0.39, 0.29) is 0 Å². The topological polar surface area (TPSA) is 89.2 Å². The molecule has 0 bridgehead atoms. The Kier molecular flexibility index (Phi) is 4.94. The first-order valence-electron chi connectivity index (χ1n) is 9.65. The Morgan fingerprint density at radius 2 is 1.86 bits per heavy atom. The average molecular weight is 393 g/mol. The van der Waals surface area contributed by atoms with Crippen LogP contribution in [0.1, 0.15) is 5.56 Å². The third kappa shape index (κ3) is 3.54. The highest BCUT2D eigenvalue weighted by atomic mass is 16.2. The molecule has 150 valence electrons. The molecule has 0 unspecified atom stereocenters. The molecule has 0 fully saturated rings. The van der Waals surface area contributed by atoms with Crippen molar-refractivity contribution in [3.63, 3.8) is 0 Å². The zero-order valence-electron chi connectivity index (χ0n) is 16.8. The van der Waals surface area contributed by atoms with Crippen molar-refractivity contribution in [2.45, 2.75) is 6.54 Å². The standard InChI is InChI=1S/C21H24N6O2/c1-25(2)12-11-22-20-23-18-17(19(28)24-21(29)26(18)3)27(20)13-15-9-6-8-14-7-4-5-10-16(14)15/h4-10H,11-13H2,1-3H3,(H,22,23)(H,24,28,29)/p+1. The second-order valence-electron chi connectivity index (χ2n) is 7.53. The second kappa shape index (κ2) is 7.56. The van der Waals surface area contributed by atoms with Gasteiger partial charge in [-0.05, 0) is 16.3 Å². The maximum Gasteiger partial charge on any atom is 0.329 e. The van der Waals surface area contributed by atoms with Crippen LogP contribution in [0.15, 0.2) is 52.1 Å². The highest BCUT2D eigenvalue weighted by Gasteiger charge is 2.18. The maximum absolute atomic E-state index is 12.7. The van der Waals surface area contributed by atoms with Gasteiger partial charge in [-0.3, -0.25) is 18.9 Å². The number of aryl methyl sites for hydroxylation is 1. The Labute approximate surface area is 167 Å². The van der Waals surface area contributed by atoms with Crippen molar-refractivity contribution in [2.75, 3.05) is 32.5 Å². The smallest absolute Gasteiger partial charge is 0.329 e. The van der Waals surface area contributed by atoms with E-state index in [0.29, 0.717) is 30.2 Å². The van der Waals surface area contributed by atoms with Gasteiger partial charge in [-0.15, -0.1) is 0 Å². The number of likely N-dealkylation sites (N-methyl/N-ethyl adjacent to an activating group) is 1. The minimum atomic E-state index is -0.471. The third-order valence-electron chi connectivity index (χ3n) is 5.12. The van der Waals surface area contributed by atoms with Crippen molar-refractivity contribution >= 4 is 27.9 Å². The van der Waals surface area contributed by atoms with Crippen molar-refractivity contribution in [1.29, 1.82) is 0 Å². The van der Waals surface area contributed by atoms with Crippen LogP contribution < -0.4 is 21.5 Å². The van der Waals surface area contributed by atoms with E-state index in [1.165, 1.54) is 9.47 Å². The van der Waals surface area contributed by atoms with Crippen molar-refractivity contribution in [1.82, 2.24) is 19.1 Å². The lowest BCUT2D eigenvalue weighted by atomic mass is 10.0. The number of aromatic amines is 1. The lowest BCUT2D eigenvalue weighted by molar-refractivity contribution is -0.856. The zero-order valence-corrected chi connectivity index (χ0v) is 16.8. The van der Waals surface area contributed by atoms with Crippen molar-refractivity contribution in [3.8, 4) is 0 Å². The van der Waals surface area contributed by atoms with Crippen LogP contribution in [0, 0.1) is 0 Å². The van der Waals surface area contributed by atoms with Crippen LogP contribution in [0.5, 0.6) is 0 Å². The number of fused-ring (bicyclic) bond motifs is 2. The summed E-state index contributed by atoms with van der Waals surface area (Å²) in [7, 11) is 5.77. The van der Waals surface area contributed by atoms with Gasteiger partial charge in [-0.25, -0.2) is 4.79 Å². The lowest BCUT2D eigenvalue weighted by Crippen LogP contribution is -3.06. The highest BCUT2D eigenvalue weighted by molar-refractivity contribution is 5.86. The number of benzene rings is 2. The van der Waals surface area contributed by atoms with E-state index in [1.54, 1.807) is 7.05 Å². The summed E-state index contributed by atoms with van der Waals surface area (Å²) in [6.45, 7) is 2.07. The maximum atomic E-state index is 12.7. The van der Waals surface area contributed by atoms with Gasteiger partial charge in [0, 0.05) is 7.05 Å². The molecular weight excluding hydrogens is 368 g/mol. The Morgan fingerprint density at radius 3 is 2.66 bits per heavy atom. The first-order chi connectivity index (χ1) is 14.0. The van der Waals surface area contributed by atoms with Crippen LogP contribution in [-0.4, -0.2) is 46.3 Å². The number of hydrogen-bond acceptors (Lipinski definition) is 4. The van der Waals surface area contributed by atoms with Gasteiger partial charge in [-0.1, -0.05) is 42.5 Å². The number of quaternary nitrogens is 1. The fraction of sp³-hybridized carbons (Fsp3) is 0.286. The number of nitrogens with zero attached hydrogens (tertiary/aromatic N) is 3. The van der Waals surface area contributed by atoms with Gasteiger partial charge in [0.2, 0.25) is 5.95 Å². The van der Waals surface area contributed by atoms with Gasteiger partial charge in [0.05, 0.1) is 33.7 Å². The predicted octanol–water partition coefficient (Wildman–Crippen LogP) is 0.181. The molecule has 0 aliphatic carbocycles. The molecule has 0 saturated carbocycles. The van der Waals surface area contributed by atoms with E-state index >= 15 is 0 Å². The van der Waals surface area contributed by atoms with Crippen molar-refractivity contribution < 1.29 is 4.90 Å². The molecule has 4 rings (SSSR count). The van der Waals surface area contributed by atoms with E-state index in [9.17, 15) is 9.59 Å². The van der Waals surface area contributed by atoms with E-state index in [4.69, 9.17) is 0 Å². The first kappa shape index (κ1) is 18.9. The average Bonchev–Trinajstić information content (AvgIpc) is 3.05. The molecule has 0 atom stereocenters. The lowest BCUT2D eigenvalue weighted by Gasteiger charge is -2.13. The molecular formula is C21H25N6O2+. The molecule has 8 nitrogen and oxygen atoms in total. The summed E-state index contributed by atoms with van der Waals surface area (Å²) in [5.74, 6) is 0.584. The summed E-state index contributed by atoms with van der Waals surface area (Å²) in [4.78, 5) is 33.0. The van der Waals surface area contributed by atoms with Crippen LogP contribution in [-0.2, 0) is 13.6 Å². The Morgan fingerprint density at radius 1 is 1.10 bits per heavy atom. The first-order valence-corrected chi connectivity index (χ1v) is 9.65. The quantitative estimate of drug-likeness (QED) is 0.436. The molecule has 29 heavy (non-hydrogen) atoms. The van der Waals surface area contributed by atoms with E-state index in [2.05, 4.69) is 53.6 Å². The molecule has 2 aromatic heterocycles. The molecule has 0 aliphatic rings. The number of anilines is 1. The van der Waals surface area contributed by atoms with Crippen LogP contribution in [0.3, 0.4) is 0 Å². The number of aromatic nitrogens is 4. The third-order valence-corrected chi connectivity index (χ3v) is 5.12. The SMILES string of the molecule is Cn1c(=O)[nH]c(=O)c2c1nc(NCC[NH+](C)C)n2Cc1cccc2ccccc12. The molecule has 0 spiro atoms. The summed E-state index contributed by atoms with van der Waals surface area (Å²) in [5.41, 5.74) is 0.944. The minimum Gasteiger partial charge on any atom is -0.350 e. The molecule has 8 heteroatoms. The number of nitrogens with one attached hydrogen (secondary N) is 3. The van der Waals surface area contributed by atoms with Crippen LogP contribution in [0.2, 0.25) is 0 Å². The van der Waals surface area contributed by atoms with Gasteiger partial charge >= 0.3 is 5.69 Å². The van der Waals surface area contributed by atoms with E-state index < -0.39 is 11.2 Å². The fourth-order valence-electron chi connectivity index (χ4n) is 3.55. The summed E-state index contributed by atoms with van der Waals surface area (Å²) < 4.78 is 3.24. The normalized spacial score (nSPS) is 11.6. The summed E-state index contributed by atoms with van der Waals surface area (Å²) in [5, 5.41) is 5.61. The largest absolute Gasteiger partial charge is 0.350 e. The van der Waals surface area contributed by atoms with Gasteiger partial charge < -0.3 is 10.2 Å². The Bertz CT molecular complexity index is 1290. The predicted molar refractivity (Wildman–Crippen MR) is 115 cm³/mol. The number of imidazole rings is 1. The summed E-state index contributed by atoms with van der Waals surface area (Å²) >= 11 is 0. The molecule has 0 saturated heterocycles. The second-order valence-corrected chi connectivity index (χ2v) is 7.53. The van der Waals surface area contributed by atoms with Crippen molar-refractivity contribution in [3.05, 3.63) is 68.9 Å². The van der Waals surface area contributed by atoms with Crippen molar-refractivity contribution in [2.24, 2.45) is 7.05 Å². The molecule has 2 aromatic carbocycles. The minimum absolute atomic E-state index is 0.374. The molecule has 3 N–H and O–H groups in total. The molecule has 4 aromatic rings. The van der Waals surface area contributed by atoms with E-state index in [0.717, 1.165) is 22.9 Å². The van der Waals surface area contributed by atoms with Gasteiger partial charge in [0.1, 0.15) is 0 Å². The Balaban J connectivity index is 1.87. The van der Waals surface area contributed by atoms with Crippen LogP contribution >= 0.6 is 0 Å². The fourth-order valence-corrected chi connectivity index (χ4v) is 3.55. The van der Waals surface area contributed by atoms with Gasteiger partial charge in [0.25, 0.3) is 5.56 Å². The number of H-pyrrole nitrogens is 1. The van der Waals surface area contributed by atoms with Gasteiger partial charge in [0.15, 0.2) is 11.2 Å². The number of hydrogen-bond donors (Lipinski definition) is 3. The summed E-state index contributed by atoms with van der Waals surface area (Å²) in [6.07, 6.45) is 0. The number of rotatable bonds is 6. The summed E-state index contributed by atoms with van der Waals surface area (Å²) in [6, 6.07) is 14.3. The molecule has 0 amide bonds. The van der Waals surface area contributed by atoms with Crippen LogP contribution in [0.4, 0.5) is 5.95 Å². The Hall–Kier alpha value is -3.39. The molecule has 2 heterocycles. The monoisotopic (exact) mass is 393 g/mol. The zero-order chi connectivity index (χ0) is 20.5. The molecule has 0 aliphatic heterocycles. The van der Waals surface area contributed by atoms with Gasteiger partial charge in [-0.2, -0.15) is 4.98 Å². The van der Waals surface area contributed by atoms with E-state index in [1.807, 2.05) is 22.8 Å². The van der Waals surface area contributed by atoms with Crippen LogP contribution in [0.25, 0.3) is 21.9 Å². The molecule has 0 radical (unpaired) electrons.